The van der Waals surface area contributed by atoms with Gasteiger partial charge in [-0.05, 0) is 88.6 Å². The van der Waals surface area contributed by atoms with Gasteiger partial charge in [-0.15, -0.1) is 0 Å². The number of carbonyl (C=O) groups is 1. The fraction of sp³-hybridized carbons (Fsp3) is 0.185. The third-order valence-electron chi connectivity index (χ3n) is 5.34. The molecule has 5 nitrogen and oxygen atoms in total. The van der Waals surface area contributed by atoms with Gasteiger partial charge in [-0.3, -0.25) is 9.69 Å². The second-order valence-corrected chi connectivity index (χ2v) is 10.6. The van der Waals surface area contributed by atoms with Crippen molar-refractivity contribution in [2.75, 3.05) is 30.5 Å². The van der Waals surface area contributed by atoms with Crippen LogP contribution in [0.5, 0.6) is 11.5 Å². The fourth-order valence-corrected chi connectivity index (χ4v) is 5.43. The van der Waals surface area contributed by atoms with Crippen LogP contribution in [0.4, 0.5) is 15.8 Å². The van der Waals surface area contributed by atoms with Gasteiger partial charge in [-0.2, -0.15) is 0 Å². The Balaban J connectivity index is 1.57. The highest BCUT2D eigenvalue weighted by atomic mass is 79.9. The summed E-state index contributed by atoms with van der Waals surface area (Å²) < 4.78 is 26.2. The van der Waals surface area contributed by atoms with Crippen molar-refractivity contribution >= 4 is 67.6 Å². The Bertz CT molecular complexity index is 1310. The van der Waals surface area contributed by atoms with E-state index in [0.717, 1.165) is 22.5 Å². The van der Waals surface area contributed by atoms with Gasteiger partial charge in [0, 0.05) is 19.8 Å². The quantitative estimate of drug-likeness (QED) is 0.208. The normalized spacial score (nSPS) is 14.5. The van der Waals surface area contributed by atoms with Gasteiger partial charge in [0.05, 0.1) is 21.7 Å². The molecular formula is C27H24BrFN2O3S2. The molecule has 0 aliphatic carbocycles. The first-order valence-corrected chi connectivity index (χ1v) is 13.2. The molecule has 186 valence electrons. The number of hydrogen-bond donors (Lipinski definition) is 0. The minimum absolute atomic E-state index is 0.173. The molecule has 0 spiro atoms. The van der Waals surface area contributed by atoms with E-state index in [0.29, 0.717) is 31.8 Å². The molecule has 0 bridgehead atoms. The van der Waals surface area contributed by atoms with Crippen LogP contribution in [0.2, 0.25) is 0 Å². The van der Waals surface area contributed by atoms with Gasteiger partial charge in [-0.1, -0.05) is 36.1 Å². The Hall–Kier alpha value is -2.88. The topological polar surface area (TPSA) is 42.0 Å². The number of nitrogens with zero attached hydrogens (tertiary/aromatic N) is 2. The van der Waals surface area contributed by atoms with Gasteiger partial charge in [0.1, 0.15) is 12.4 Å². The summed E-state index contributed by atoms with van der Waals surface area (Å²) in [4.78, 5) is 17.3. The standard InChI is InChI=1S/C27H24BrFN2O3S2/c1-4-33-23-14-18(13-22(28)25(23)34-16-17-5-7-19(29)8-6-17)15-24-26(32)31(27(35)36-24)21-11-9-20(10-12-21)30(2)3/h5-15H,4,16H2,1-3H3/b24-15+. The van der Waals surface area contributed by atoms with Gasteiger partial charge < -0.3 is 14.4 Å². The summed E-state index contributed by atoms with van der Waals surface area (Å²) in [5.74, 6) is 0.602. The Labute approximate surface area is 228 Å². The van der Waals surface area contributed by atoms with Gasteiger partial charge in [0.25, 0.3) is 5.91 Å². The number of thiocarbonyl (C=S) groups is 1. The lowest BCUT2D eigenvalue weighted by molar-refractivity contribution is -0.113. The number of anilines is 2. The lowest BCUT2D eigenvalue weighted by Crippen LogP contribution is -2.27. The van der Waals surface area contributed by atoms with Gasteiger partial charge in [-0.25, -0.2) is 4.39 Å². The SMILES string of the molecule is CCOc1cc(/C=C2/SC(=S)N(c3ccc(N(C)C)cc3)C2=O)cc(Br)c1OCc1ccc(F)cc1. The van der Waals surface area contributed by atoms with Crippen LogP contribution in [0.3, 0.4) is 0 Å². The van der Waals surface area contributed by atoms with Gasteiger partial charge in [0.2, 0.25) is 0 Å². The Kier molecular flexibility index (Phi) is 8.33. The van der Waals surface area contributed by atoms with Crippen molar-refractivity contribution in [1.29, 1.82) is 0 Å². The average molecular weight is 588 g/mol. The molecule has 0 unspecified atom stereocenters. The summed E-state index contributed by atoms with van der Waals surface area (Å²) in [7, 11) is 3.93. The second kappa shape index (κ2) is 11.5. The highest BCUT2D eigenvalue weighted by Crippen LogP contribution is 2.40. The van der Waals surface area contributed by atoms with E-state index in [2.05, 4.69) is 15.9 Å². The highest BCUT2D eigenvalue weighted by Gasteiger charge is 2.33. The molecule has 3 aromatic carbocycles. The Morgan fingerprint density at radius 1 is 1.08 bits per heavy atom. The largest absolute Gasteiger partial charge is 0.490 e. The zero-order valence-corrected chi connectivity index (χ0v) is 23.2. The number of hydrogen-bond acceptors (Lipinski definition) is 6. The third-order valence-corrected chi connectivity index (χ3v) is 7.24. The minimum atomic E-state index is -0.296. The molecule has 1 fully saturated rings. The maximum absolute atomic E-state index is 13.2. The molecule has 0 radical (unpaired) electrons. The maximum Gasteiger partial charge on any atom is 0.270 e. The Morgan fingerprint density at radius 2 is 1.78 bits per heavy atom. The molecule has 36 heavy (non-hydrogen) atoms. The van der Waals surface area contributed by atoms with Gasteiger partial charge >= 0.3 is 0 Å². The molecule has 0 N–H and O–H groups in total. The monoisotopic (exact) mass is 586 g/mol. The summed E-state index contributed by atoms with van der Waals surface area (Å²) in [6.45, 7) is 2.58. The zero-order valence-electron chi connectivity index (χ0n) is 20.0. The zero-order chi connectivity index (χ0) is 25.8. The number of thioether (sulfide) groups is 1. The average Bonchev–Trinajstić information content (AvgIpc) is 3.12. The van der Waals surface area contributed by atoms with Crippen LogP contribution in [0.1, 0.15) is 18.1 Å². The van der Waals surface area contributed by atoms with Crippen LogP contribution in [0, 0.1) is 5.82 Å². The molecule has 0 saturated carbocycles. The molecule has 0 aromatic heterocycles. The van der Waals surface area contributed by atoms with Crippen molar-refractivity contribution in [2.45, 2.75) is 13.5 Å². The molecule has 4 rings (SSSR count). The van der Waals surface area contributed by atoms with Crippen molar-refractivity contribution in [2.24, 2.45) is 0 Å². The van der Waals surface area contributed by atoms with Crippen molar-refractivity contribution in [1.82, 2.24) is 0 Å². The lowest BCUT2D eigenvalue weighted by atomic mass is 10.1. The predicted molar refractivity (Wildman–Crippen MR) is 152 cm³/mol. The van der Waals surface area contributed by atoms with E-state index in [-0.39, 0.29) is 18.3 Å². The Morgan fingerprint density at radius 3 is 2.42 bits per heavy atom. The van der Waals surface area contributed by atoms with Crippen LogP contribution >= 0.6 is 39.9 Å². The molecule has 1 aliphatic rings. The van der Waals surface area contributed by atoms with Crippen LogP contribution in [0.25, 0.3) is 6.08 Å². The van der Waals surface area contributed by atoms with E-state index in [9.17, 15) is 9.18 Å². The van der Waals surface area contributed by atoms with Crippen LogP contribution in [-0.2, 0) is 11.4 Å². The van der Waals surface area contributed by atoms with E-state index in [1.54, 1.807) is 23.1 Å². The van der Waals surface area contributed by atoms with E-state index >= 15 is 0 Å². The summed E-state index contributed by atoms with van der Waals surface area (Å²) >= 11 is 10.4. The maximum atomic E-state index is 13.2. The number of amides is 1. The van der Waals surface area contributed by atoms with E-state index in [1.165, 1.54) is 23.9 Å². The molecule has 9 heteroatoms. The smallest absolute Gasteiger partial charge is 0.270 e. The van der Waals surface area contributed by atoms with Crippen molar-refractivity contribution in [3.63, 3.8) is 0 Å². The van der Waals surface area contributed by atoms with E-state index in [1.807, 2.05) is 62.3 Å². The first kappa shape index (κ1) is 26.2. The molecule has 1 amide bonds. The van der Waals surface area contributed by atoms with Crippen LogP contribution in [0.15, 0.2) is 70.0 Å². The molecular weight excluding hydrogens is 563 g/mol. The number of carbonyl (C=O) groups excluding carboxylic acids is 1. The first-order chi connectivity index (χ1) is 17.3. The lowest BCUT2D eigenvalue weighted by Gasteiger charge is -2.17. The van der Waals surface area contributed by atoms with Crippen LogP contribution in [-0.4, -0.2) is 30.9 Å². The predicted octanol–water partition coefficient (Wildman–Crippen LogP) is 7.04. The molecule has 1 saturated heterocycles. The number of ether oxygens (including phenoxy) is 2. The van der Waals surface area contributed by atoms with E-state index < -0.39 is 0 Å². The first-order valence-electron chi connectivity index (χ1n) is 11.2. The third kappa shape index (κ3) is 5.91. The van der Waals surface area contributed by atoms with E-state index in [4.69, 9.17) is 21.7 Å². The number of halogens is 2. The van der Waals surface area contributed by atoms with Crippen molar-refractivity contribution in [3.05, 3.63) is 87.0 Å². The second-order valence-electron chi connectivity index (χ2n) is 8.11. The summed E-state index contributed by atoms with van der Waals surface area (Å²) in [5.41, 5.74) is 3.36. The van der Waals surface area contributed by atoms with Crippen molar-refractivity contribution in [3.8, 4) is 11.5 Å². The minimum Gasteiger partial charge on any atom is -0.490 e. The molecule has 0 atom stereocenters. The highest BCUT2D eigenvalue weighted by molar-refractivity contribution is 9.10. The number of rotatable bonds is 8. The number of benzene rings is 3. The summed E-state index contributed by atoms with van der Waals surface area (Å²) in [6.07, 6.45) is 1.80. The molecule has 3 aromatic rings. The molecule has 1 heterocycles. The van der Waals surface area contributed by atoms with Crippen molar-refractivity contribution < 1.29 is 18.7 Å². The summed E-state index contributed by atoms with van der Waals surface area (Å²) in [6, 6.07) is 17.5. The van der Waals surface area contributed by atoms with Gasteiger partial charge in [0.15, 0.2) is 15.8 Å². The molecule has 1 aliphatic heterocycles. The summed E-state index contributed by atoms with van der Waals surface area (Å²) in [5, 5.41) is 0. The fourth-order valence-electron chi connectivity index (χ4n) is 3.55. The van der Waals surface area contributed by atoms with Crippen LogP contribution < -0.4 is 19.3 Å².